The van der Waals surface area contributed by atoms with E-state index in [1.807, 2.05) is 57.2 Å². The van der Waals surface area contributed by atoms with Gasteiger partial charge in [0.2, 0.25) is 0 Å². The van der Waals surface area contributed by atoms with Crippen molar-refractivity contribution in [2.75, 3.05) is 11.9 Å². The fourth-order valence-electron chi connectivity index (χ4n) is 2.11. The molecule has 5 heteroatoms. The van der Waals surface area contributed by atoms with Crippen molar-refractivity contribution in [2.45, 2.75) is 26.3 Å². The van der Waals surface area contributed by atoms with Crippen LogP contribution in [0.15, 0.2) is 54.6 Å². The molecule has 0 bridgehead atoms. The van der Waals surface area contributed by atoms with Gasteiger partial charge in [-0.15, -0.1) is 0 Å². The standard InChI is InChI=1S/C19H22N2O3/c1-19(2,3)21-17(22)13-24-18(23)15-11-7-8-12-16(15)20-14-9-5-4-6-10-14/h4-12,20H,13H2,1-3H3,(H,21,22). The molecule has 1 amide bonds. The van der Waals surface area contributed by atoms with Gasteiger partial charge in [-0.05, 0) is 45.0 Å². The summed E-state index contributed by atoms with van der Waals surface area (Å²) in [6.45, 7) is 5.29. The molecular weight excluding hydrogens is 304 g/mol. The Bertz CT molecular complexity index is 706. The Hall–Kier alpha value is -2.82. The summed E-state index contributed by atoms with van der Waals surface area (Å²) in [6.07, 6.45) is 0. The minimum Gasteiger partial charge on any atom is -0.452 e. The largest absolute Gasteiger partial charge is 0.452 e. The van der Waals surface area contributed by atoms with Crippen molar-refractivity contribution in [1.82, 2.24) is 5.32 Å². The van der Waals surface area contributed by atoms with Gasteiger partial charge in [0, 0.05) is 11.2 Å². The molecule has 0 spiro atoms. The Morgan fingerprint density at radius 2 is 1.58 bits per heavy atom. The number of amides is 1. The molecule has 2 aromatic carbocycles. The van der Waals surface area contributed by atoms with E-state index in [-0.39, 0.29) is 18.1 Å². The highest BCUT2D eigenvalue weighted by Crippen LogP contribution is 2.21. The van der Waals surface area contributed by atoms with Crippen LogP contribution in [0.1, 0.15) is 31.1 Å². The average molecular weight is 326 g/mol. The minimum atomic E-state index is -0.543. The number of hydrogen-bond donors (Lipinski definition) is 2. The maximum atomic E-state index is 12.3. The monoisotopic (exact) mass is 326 g/mol. The molecule has 0 unspecified atom stereocenters. The van der Waals surface area contributed by atoms with Crippen LogP contribution < -0.4 is 10.6 Å². The molecule has 5 nitrogen and oxygen atoms in total. The SMILES string of the molecule is CC(C)(C)NC(=O)COC(=O)c1ccccc1Nc1ccccc1. The van der Waals surface area contributed by atoms with Crippen molar-refractivity contribution >= 4 is 23.3 Å². The van der Waals surface area contributed by atoms with E-state index in [2.05, 4.69) is 10.6 Å². The molecule has 0 saturated carbocycles. The summed E-state index contributed by atoms with van der Waals surface area (Å²) in [5.41, 5.74) is 1.51. The number of rotatable bonds is 5. The molecule has 0 radical (unpaired) electrons. The first-order chi connectivity index (χ1) is 11.3. The van der Waals surface area contributed by atoms with Gasteiger partial charge in [0.1, 0.15) is 0 Å². The highest BCUT2D eigenvalue weighted by atomic mass is 16.5. The van der Waals surface area contributed by atoms with Crippen LogP contribution >= 0.6 is 0 Å². The summed E-state index contributed by atoms with van der Waals surface area (Å²) in [5, 5.41) is 5.93. The Kier molecular flexibility index (Phi) is 5.58. The van der Waals surface area contributed by atoms with Crippen LogP contribution in [-0.4, -0.2) is 24.0 Å². The van der Waals surface area contributed by atoms with E-state index < -0.39 is 5.97 Å². The van der Waals surface area contributed by atoms with Crippen molar-refractivity contribution in [3.05, 3.63) is 60.2 Å². The molecule has 2 rings (SSSR count). The smallest absolute Gasteiger partial charge is 0.340 e. The molecule has 0 aliphatic heterocycles. The molecule has 0 saturated heterocycles. The maximum absolute atomic E-state index is 12.3. The van der Waals surface area contributed by atoms with E-state index in [9.17, 15) is 9.59 Å². The summed E-state index contributed by atoms with van der Waals surface area (Å²) in [7, 11) is 0. The highest BCUT2D eigenvalue weighted by molar-refractivity contribution is 5.97. The maximum Gasteiger partial charge on any atom is 0.340 e. The van der Waals surface area contributed by atoms with Crippen LogP contribution in [0.3, 0.4) is 0 Å². The summed E-state index contributed by atoms with van der Waals surface area (Å²) in [4.78, 5) is 24.0. The number of ether oxygens (including phenoxy) is 1. The lowest BCUT2D eigenvalue weighted by molar-refractivity contribution is -0.125. The van der Waals surface area contributed by atoms with Crippen LogP contribution in [0.2, 0.25) is 0 Å². The van der Waals surface area contributed by atoms with E-state index in [0.29, 0.717) is 11.3 Å². The second-order valence-corrected chi connectivity index (χ2v) is 6.41. The molecule has 2 aromatic rings. The quantitative estimate of drug-likeness (QED) is 0.825. The molecule has 0 aliphatic rings. The van der Waals surface area contributed by atoms with Crippen molar-refractivity contribution in [1.29, 1.82) is 0 Å². The molecule has 0 atom stereocenters. The molecule has 0 fully saturated rings. The first kappa shape index (κ1) is 17.5. The van der Waals surface area contributed by atoms with Crippen LogP contribution in [0.25, 0.3) is 0 Å². The highest BCUT2D eigenvalue weighted by Gasteiger charge is 2.17. The van der Waals surface area contributed by atoms with Gasteiger partial charge in [-0.25, -0.2) is 4.79 Å². The van der Waals surface area contributed by atoms with Crippen molar-refractivity contribution < 1.29 is 14.3 Å². The molecule has 0 aliphatic carbocycles. The predicted molar refractivity (Wildman–Crippen MR) is 94.3 cm³/mol. The second kappa shape index (κ2) is 7.64. The lowest BCUT2D eigenvalue weighted by atomic mass is 10.1. The number of carbonyl (C=O) groups is 2. The number of benzene rings is 2. The number of hydrogen-bond acceptors (Lipinski definition) is 4. The fraction of sp³-hybridized carbons (Fsp3) is 0.263. The van der Waals surface area contributed by atoms with Gasteiger partial charge in [0.15, 0.2) is 6.61 Å². The van der Waals surface area contributed by atoms with Crippen LogP contribution in [0.5, 0.6) is 0 Å². The molecule has 126 valence electrons. The van der Waals surface area contributed by atoms with E-state index in [4.69, 9.17) is 4.74 Å². The topological polar surface area (TPSA) is 67.4 Å². The predicted octanol–water partition coefficient (Wildman–Crippen LogP) is 3.50. The Morgan fingerprint density at radius 1 is 0.958 bits per heavy atom. The third kappa shape index (κ3) is 5.43. The zero-order valence-corrected chi connectivity index (χ0v) is 14.1. The van der Waals surface area contributed by atoms with Crippen molar-refractivity contribution in [3.63, 3.8) is 0 Å². The van der Waals surface area contributed by atoms with E-state index >= 15 is 0 Å². The lowest BCUT2D eigenvalue weighted by Crippen LogP contribution is -2.42. The molecular formula is C19H22N2O3. The van der Waals surface area contributed by atoms with Gasteiger partial charge in [-0.3, -0.25) is 4.79 Å². The fourth-order valence-corrected chi connectivity index (χ4v) is 2.11. The Morgan fingerprint density at radius 3 is 2.25 bits per heavy atom. The third-order valence-electron chi connectivity index (χ3n) is 3.05. The number of carbonyl (C=O) groups excluding carboxylic acids is 2. The van der Waals surface area contributed by atoms with Gasteiger partial charge < -0.3 is 15.4 Å². The molecule has 0 aromatic heterocycles. The Balaban J connectivity index is 2.03. The minimum absolute atomic E-state index is 0.310. The third-order valence-corrected chi connectivity index (χ3v) is 3.05. The van der Waals surface area contributed by atoms with E-state index in [1.165, 1.54) is 0 Å². The van der Waals surface area contributed by atoms with Gasteiger partial charge in [-0.2, -0.15) is 0 Å². The van der Waals surface area contributed by atoms with E-state index in [0.717, 1.165) is 5.69 Å². The lowest BCUT2D eigenvalue weighted by Gasteiger charge is -2.20. The summed E-state index contributed by atoms with van der Waals surface area (Å²) in [5.74, 6) is -0.873. The molecule has 0 heterocycles. The number of para-hydroxylation sites is 2. The normalized spacial score (nSPS) is 10.8. The molecule has 2 N–H and O–H groups in total. The van der Waals surface area contributed by atoms with Gasteiger partial charge >= 0.3 is 5.97 Å². The summed E-state index contributed by atoms with van der Waals surface area (Å²) >= 11 is 0. The summed E-state index contributed by atoms with van der Waals surface area (Å²) in [6, 6.07) is 16.6. The van der Waals surface area contributed by atoms with Crippen molar-refractivity contribution in [3.8, 4) is 0 Å². The second-order valence-electron chi connectivity index (χ2n) is 6.41. The Labute approximate surface area is 142 Å². The van der Waals surface area contributed by atoms with Crippen molar-refractivity contribution in [2.24, 2.45) is 0 Å². The zero-order valence-electron chi connectivity index (χ0n) is 14.1. The zero-order chi connectivity index (χ0) is 17.6. The van der Waals surface area contributed by atoms with Gasteiger partial charge in [0.05, 0.1) is 11.3 Å². The van der Waals surface area contributed by atoms with Crippen LogP contribution in [0, 0.1) is 0 Å². The van der Waals surface area contributed by atoms with E-state index in [1.54, 1.807) is 18.2 Å². The van der Waals surface area contributed by atoms with Crippen LogP contribution in [0.4, 0.5) is 11.4 Å². The molecule has 24 heavy (non-hydrogen) atoms. The number of nitrogens with one attached hydrogen (secondary N) is 2. The van der Waals surface area contributed by atoms with Gasteiger partial charge in [0.25, 0.3) is 5.91 Å². The first-order valence-electron chi connectivity index (χ1n) is 7.74. The average Bonchev–Trinajstić information content (AvgIpc) is 2.52. The summed E-state index contributed by atoms with van der Waals surface area (Å²) < 4.78 is 5.12. The number of esters is 1. The first-order valence-corrected chi connectivity index (χ1v) is 7.74. The van der Waals surface area contributed by atoms with Gasteiger partial charge in [-0.1, -0.05) is 30.3 Å². The van der Waals surface area contributed by atoms with Crippen LogP contribution in [-0.2, 0) is 9.53 Å². The number of anilines is 2.